The number of carboxylic acids is 1. The molecule has 120 valence electrons. The van der Waals surface area contributed by atoms with Crippen molar-refractivity contribution in [2.45, 2.75) is 0 Å². The van der Waals surface area contributed by atoms with Crippen LogP contribution in [0.25, 0.3) is 0 Å². The van der Waals surface area contributed by atoms with Crippen LogP contribution in [0.2, 0.25) is 0 Å². The van der Waals surface area contributed by atoms with E-state index in [2.05, 4.69) is 9.98 Å². The van der Waals surface area contributed by atoms with Crippen molar-refractivity contribution in [2.75, 3.05) is 19.6 Å². The topological polar surface area (TPSA) is 82.9 Å². The summed E-state index contributed by atoms with van der Waals surface area (Å²) in [4.78, 5) is 35.1. The van der Waals surface area contributed by atoms with Crippen molar-refractivity contribution in [3.05, 3.63) is 63.1 Å². The summed E-state index contributed by atoms with van der Waals surface area (Å²) in [6, 6.07) is 6.88. The number of carbonyl (C=O) groups is 2. The van der Waals surface area contributed by atoms with E-state index >= 15 is 0 Å². The lowest BCUT2D eigenvalue weighted by molar-refractivity contribution is 0.0701. The fourth-order valence-corrected chi connectivity index (χ4v) is 3.85. The molecule has 7 heteroatoms. The number of carboxylic acid groups (broad SMARTS) is 1. The van der Waals surface area contributed by atoms with Crippen LogP contribution in [0.5, 0.6) is 0 Å². The molecule has 1 N–H and O–H groups in total. The Morgan fingerprint density at radius 3 is 2.79 bits per heavy atom. The van der Waals surface area contributed by atoms with Gasteiger partial charge in [0.2, 0.25) is 0 Å². The molecule has 2 aliphatic heterocycles. The molecule has 0 radical (unpaired) electrons. The smallest absolute Gasteiger partial charge is 0.345 e. The Morgan fingerprint density at radius 2 is 2.08 bits per heavy atom. The standard InChI is InChI=1S/C17H13N3O3S/c21-16(10-2-1-5-18-6-10)20-8-11-7-19-15(12(11)9-20)13-3-4-14(24-13)17(22)23/h1-6H,7-9H2,(H,22,23). The van der Waals surface area contributed by atoms with Crippen molar-refractivity contribution in [1.82, 2.24) is 9.88 Å². The lowest BCUT2D eigenvalue weighted by Crippen LogP contribution is -2.31. The minimum absolute atomic E-state index is 0.0470. The van der Waals surface area contributed by atoms with Crippen LogP contribution in [-0.2, 0) is 0 Å². The lowest BCUT2D eigenvalue weighted by atomic mass is 10.1. The highest BCUT2D eigenvalue weighted by molar-refractivity contribution is 7.16. The molecular weight excluding hydrogens is 326 g/mol. The first kappa shape index (κ1) is 14.8. The molecule has 0 fully saturated rings. The van der Waals surface area contributed by atoms with E-state index in [9.17, 15) is 9.59 Å². The number of pyridine rings is 1. The average molecular weight is 339 g/mol. The first-order valence-corrected chi connectivity index (χ1v) is 8.23. The molecule has 0 spiro atoms. The summed E-state index contributed by atoms with van der Waals surface area (Å²) in [5, 5.41) is 9.07. The van der Waals surface area contributed by atoms with Gasteiger partial charge in [0.1, 0.15) is 4.88 Å². The number of thiophene rings is 1. The maximum absolute atomic E-state index is 12.6. The van der Waals surface area contributed by atoms with Gasteiger partial charge in [0, 0.05) is 31.1 Å². The first-order valence-electron chi connectivity index (χ1n) is 7.42. The van der Waals surface area contributed by atoms with Gasteiger partial charge in [-0.3, -0.25) is 14.8 Å². The number of amides is 1. The summed E-state index contributed by atoms with van der Waals surface area (Å²) in [5.41, 5.74) is 3.57. The third kappa shape index (κ3) is 2.43. The van der Waals surface area contributed by atoms with Gasteiger partial charge in [0.25, 0.3) is 5.91 Å². The quantitative estimate of drug-likeness (QED) is 0.928. The van der Waals surface area contributed by atoms with Crippen LogP contribution >= 0.6 is 11.3 Å². The number of aliphatic imine (C=N–C) groups is 1. The molecule has 0 saturated carbocycles. The Kier molecular flexibility index (Phi) is 3.50. The van der Waals surface area contributed by atoms with E-state index < -0.39 is 5.97 Å². The molecule has 0 aromatic carbocycles. The van der Waals surface area contributed by atoms with Gasteiger partial charge >= 0.3 is 5.97 Å². The van der Waals surface area contributed by atoms with Gasteiger partial charge in [-0.1, -0.05) is 0 Å². The van der Waals surface area contributed by atoms with E-state index in [1.165, 1.54) is 11.3 Å². The summed E-state index contributed by atoms with van der Waals surface area (Å²) in [6.07, 6.45) is 3.21. The number of hydrogen-bond acceptors (Lipinski definition) is 5. The van der Waals surface area contributed by atoms with Gasteiger partial charge in [0.05, 0.1) is 22.7 Å². The van der Waals surface area contributed by atoms with E-state index in [-0.39, 0.29) is 5.91 Å². The van der Waals surface area contributed by atoms with Crippen LogP contribution in [0.1, 0.15) is 24.9 Å². The molecule has 1 amide bonds. The Bertz CT molecular complexity index is 899. The Balaban J connectivity index is 1.54. The Hall–Kier alpha value is -2.80. The molecule has 0 bridgehead atoms. The number of rotatable bonds is 3. The van der Waals surface area contributed by atoms with Crippen LogP contribution in [-0.4, -0.2) is 52.2 Å². The van der Waals surface area contributed by atoms with E-state index in [0.29, 0.717) is 30.1 Å². The van der Waals surface area contributed by atoms with Gasteiger partial charge in [-0.15, -0.1) is 11.3 Å². The van der Waals surface area contributed by atoms with Crippen molar-refractivity contribution >= 4 is 28.9 Å². The number of nitrogens with zero attached hydrogens (tertiary/aromatic N) is 3. The minimum Gasteiger partial charge on any atom is -0.477 e. The number of carbonyl (C=O) groups excluding carboxylic acids is 1. The van der Waals surface area contributed by atoms with E-state index in [1.807, 2.05) is 0 Å². The first-order chi connectivity index (χ1) is 11.6. The minimum atomic E-state index is -0.932. The van der Waals surface area contributed by atoms with Gasteiger partial charge in [0.15, 0.2) is 0 Å². The Morgan fingerprint density at radius 1 is 1.21 bits per heavy atom. The fraction of sp³-hybridized carbons (Fsp3) is 0.176. The summed E-state index contributed by atoms with van der Waals surface area (Å²) in [6.45, 7) is 1.64. The average Bonchev–Trinajstić information content (AvgIpc) is 3.29. The molecule has 4 heterocycles. The maximum Gasteiger partial charge on any atom is 0.345 e. The van der Waals surface area contributed by atoms with Crippen LogP contribution in [0.15, 0.2) is 52.8 Å². The molecular formula is C17H13N3O3S. The zero-order valence-electron chi connectivity index (χ0n) is 12.6. The van der Waals surface area contributed by atoms with Gasteiger partial charge in [-0.05, 0) is 29.8 Å². The number of hydrogen-bond donors (Lipinski definition) is 1. The zero-order valence-corrected chi connectivity index (χ0v) is 13.4. The van der Waals surface area contributed by atoms with E-state index in [0.717, 1.165) is 21.7 Å². The van der Waals surface area contributed by atoms with Crippen LogP contribution in [0, 0.1) is 0 Å². The fourth-order valence-electron chi connectivity index (χ4n) is 2.96. The third-order valence-electron chi connectivity index (χ3n) is 4.12. The molecule has 0 saturated heterocycles. The highest BCUT2D eigenvalue weighted by Crippen LogP contribution is 2.31. The van der Waals surface area contributed by atoms with Crippen LogP contribution in [0.4, 0.5) is 0 Å². The summed E-state index contributed by atoms with van der Waals surface area (Å²) >= 11 is 1.22. The predicted molar refractivity (Wildman–Crippen MR) is 89.8 cm³/mol. The highest BCUT2D eigenvalue weighted by Gasteiger charge is 2.33. The lowest BCUT2D eigenvalue weighted by Gasteiger charge is -2.17. The predicted octanol–water partition coefficient (Wildman–Crippen LogP) is 2.10. The molecule has 4 rings (SSSR count). The molecule has 0 atom stereocenters. The van der Waals surface area contributed by atoms with Crippen molar-refractivity contribution in [3.63, 3.8) is 0 Å². The van der Waals surface area contributed by atoms with Crippen LogP contribution < -0.4 is 0 Å². The molecule has 6 nitrogen and oxygen atoms in total. The van der Waals surface area contributed by atoms with Gasteiger partial charge in [-0.25, -0.2) is 4.79 Å². The monoisotopic (exact) mass is 339 g/mol. The second-order valence-electron chi connectivity index (χ2n) is 5.62. The van der Waals surface area contributed by atoms with E-state index in [4.69, 9.17) is 5.11 Å². The summed E-state index contributed by atoms with van der Waals surface area (Å²) < 4.78 is 0. The largest absolute Gasteiger partial charge is 0.477 e. The second-order valence-corrected chi connectivity index (χ2v) is 6.70. The summed E-state index contributed by atoms with van der Waals surface area (Å²) in [5.74, 6) is -0.979. The molecule has 0 aliphatic carbocycles. The second kappa shape index (κ2) is 5.68. The molecule has 0 unspecified atom stereocenters. The summed E-state index contributed by atoms with van der Waals surface area (Å²) in [7, 11) is 0. The molecule has 24 heavy (non-hydrogen) atoms. The Labute approximate surface area is 141 Å². The van der Waals surface area contributed by atoms with E-state index in [1.54, 1.807) is 41.6 Å². The molecule has 2 aromatic rings. The van der Waals surface area contributed by atoms with Crippen molar-refractivity contribution in [3.8, 4) is 0 Å². The van der Waals surface area contributed by atoms with Crippen molar-refractivity contribution in [1.29, 1.82) is 0 Å². The highest BCUT2D eigenvalue weighted by atomic mass is 32.1. The molecule has 2 aromatic heterocycles. The van der Waals surface area contributed by atoms with Gasteiger partial charge < -0.3 is 10.0 Å². The van der Waals surface area contributed by atoms with Gasteiger partial charge in [-0.2, -0.15) is 0 Å². The normalized spacial score (nSPS) is 16.3. The SMILES string of the molecule is O=C(O)c1ccc(C2=NCC3=C2CN(C(=O)c2cccnc2)C3)s1. The van der Waals surface area contributed by atoms with Crippen LogP contribution in [0.3, 0.4) is 0 Å². The van der Waals surface area contributed by atoms with Crippen molar-refractivity contribution in [2.24, 2.45) is 4.99 Å². The maximum atomic E-state index is 12.6. The molecule has 2 aliphatic rings. The van der Waals surface area contributed by atoms with Crippen molar-refractivity contribution < 1.29 is 14.7 Å². The third-order valence-corrected chi connectivity index (χ3v) is 5.20. The number of aromatic nitrogens is 1. The zero-order chi connectivity index (χ0) is 16.7. The number of aromatic carboxylic acids is 1.